The number of ether oxygens (including phenoxy) is 1. The number of methoxy groups -OCH3 is 1. The van der Waals surface area contributed by atoms with Crippen molar-refractivity contribution in [3.8, 4) is 16.9 Å². The van der Waals surface area contributed by atoms with Crippen molar-refractivity contribution in [3.05, 3.63) is 58.5 Å². The van der Waals surface area contributed by atoms with E-state index >= 15 is 0 Å². The third-order valence-electron chi connectivity index (χ3n) is 4.28. The van der Waals surface area contributed by atoms with E-state index in [1.54, 1.807) is 11.5 Å². The lowest BCUT2D eigenvalue weighted by atomic mass is 9.99. The first-order valence-electron chi connectivity index (χ1n) is 7.53. The van der Waals surface area contributed by atoms with Crippen LogP contribution in [0.25, 0.3) is 27.7 Å². The summed E-state index contributed by atoms with van der Waals surface area (Å²) in [6.45, 7) is 1.98. The summed E-state index contributed by atoms with van der Waals surface area (Å²) in [6, 6.07) is 13.3. The van der Waals surface area contributed by atoms with Gasteiger partial charge in [-0.15, -0.1) is 0 Å². The lowest BCUT2D eigenvalue weighted by molar-refractivity contribution is 0.417. The van der Waals surface area contributed by atoms with Gasteiger partial charge in [-0.3, -0.25) is 0 Å². The molecule has 0 amide bonds. The quantitative estimate of drug-likeness (QED) is 0.556. The summed E-state index contributed by atoms with van der Waals surface area (Å²) in [5.74, 6) is 0.708. The number of para-hydroxylation sites is 1. The van der Waals surface area contributed by atoms with Gasteiger partial charge in [-0.2, -0.15) is 5.10 Å². The topological polar surface area (TPSA) is 85.4 Å². The van der Waals surface area contributed by atoms with Gasteiger partial charge in [0.1, 0.15) is 5.75 Å². The molecular weight excluding hydrogens is 304 g/mol. The van der Waals surface area contributed by atoms with Crippen molar-refractivity contribution in [3.63, 3.8) is 0 Å². The maximum Gasteiger partial charge on any atom is 0.348 e. The van der Waals surface area contributed by atoms with Crippen molar-refractivity contribution in [2.45, 2.75) is 6.92 Å². The number of pyridine rings is 1. The van der Waals surface area contributed by atoms with Crippen LogP contribution in [0.2, 0.25) is 0 Å². The Morgan fingerprint density at radius 3 is 2.71 bits per heavy atom. The summed E-state index contributed by atoms with van der Waals surface area (Å²) >= 11 is 0. The molecule has 0 radical (unpaired) electrons. The Morgan fingerprint density at radius 1 is 1.17 bits per heavy atom. The molecule has 6 nitrogen and oxygen atoms in total. The van der Waals surface area contributed by atoms with Crippen LogP contribution in [0.4, 0.5) is 5.69 Å². The second-order valence-corrected chi connectivity index (χ2v) is 5.71. The highest BCUT2D eigenvalue weighted by Gasteiger charge is 2.15. The fourth-order valence-corrected chi connectivity index (χ4v) is 3.10. The van der Waals surface area contributed by atoms with E-state index in [9.17, 15) is 4.79 Å². The Morgan fingerprint density at radius 2 is 1.96 bits per heavy atom. The van der Waals surface area contributed by atoms with Gasteiger partial charge < -0.3 is 10.5 Å². The number of anilines is 1. The molecule has 2 aromatic carbocycles. The Balaban J connectivity index is 2.18. The van der Waals surface area contributed by atoms with Crippen molar-refractivity contribution in [2.75, 3.05) is 12.8 Å². The minimum Gasteiger partial charge on any atom is -0.496 e. The Hall–Kier alpha value is -3.28. The molecule has 0 aliphatic heterocycles. The number of nitrogen functional groups attached to an aromatic ring is 1. The molecule has 0 saturated carbocycles. The molecule has 0 saturated heterocycles. The summed E-state index contributed by atoms with van der Waals surface area (Å²) in [4.78, 5) is 12.2. The first kappa shape index (κ1) is 14.3. The highest BCUT2D eigenvalue weighted by Crippen LogP contribution is 2.37. The van der Waals surface area contributed by atoms with Gasteiger partial charge in [0.15, 0.2) is 5.65 Å². The Bertz CT molecular complexity index is 1140. The molecule has 0 atom stereocenters. The van der Waals surface area contributed by atoms with Crippen LogP contribution in [0, 0.1) is 6.92 Å². The van der Waals surface area contributed by atoms with Crippen molar-refractivity contribution >= 4 is 22.2 Å². The van der Waals surface area contributed by atoms with E-state index in [4.69, 9.17) is 10.5 Å². The van der Waals surface area contributed by atoms with E-state index in [1.807, 2.05) is 49.4 Å². The fourth-order valence-electron chi connectivity index (χ4n) is 3.10. The molecule has 3 N–H and O–H groups in total. The fraction of sp³-hybridized carbons (Fsp3) is 0.111. The van der Waals surface area contributed by atoms with Crippen LogP contribution < -0.4 is 16.2 Å². The Kier molecular flexibility index (Phi) is 3.06. The van der Waals surface area contributed by atoms with E-state index in [-0.39, 0.29) is 5.69 Å². The zero-order valence-corrected chi connectivity index (χ0v) is 13.3. The molecule has 0 bridgehead atoms. The first-order chi connectivity index (χ1) is 11.6. The van der Waals surface area contributed by atoms with Gasteiger partial charge >= 0.3 is 5.69 Å². The maximum atomic E-state index is 12.2. The number of benzene rings is 2. The van der Waals surface area contributed by atoms with E-state index in [1.165, 1.54) is 0 Å². The smallest absolute Gasteiger partial charge is 0.348 e. The van der Waals surface area contributed by atoms with Crippen LogP contribution in [0.15, 0.2) is 47.3 Å². The maximum absolute atomic E-state index is 12.2. The number of aryl methyl sites for hydroxylation is 1. The van der Waals surface area contributed by atoms with E-state index < -0.39 is 0 Å². The molecule has 6 heteroatoms. The molecule has 0 aliphatic carbocycles. The predicted octanol–water partition coefficient (Wildman–Crippen LogP) is 2.74. The summed E-state index contributed by atoms with van der Waals surface area (Å²) in [5, 5.41) is 7.49. The molecule has 0 spiro atoms. The van der Waals surface area contributed by atoms with Gasteiger partial charge in [0, 0.05) is 22.2 Å². The van der Waals surface area contributed by atoms with Gasteiger partial charge in [0.2, 0.25) is 0 Å². The number of aromatic nitrogens is 3. The van der Waals surface area contributed by atoms with Crippen LogP contribution in [0.1, 0.15) is 5.56 Å². The molecule has 4 aromatic rings. The summed E-state index contributed by atoms with van der Waals surface area (Å²) in [7, 11) is 1.63. The summed E-state index contributed by atoms with van der Waals surface area (Å²) in [5.41, 5.74) is 10.6. The number of nitrogens with one attached hydrogen (secondary N) is 1. The number of hydrogen-bond donors (Lipinski definition) is 2. The van der Waals surface area contributed by atoms with E-state index in [2.05, 4.69) is 10.2 Å². The molecule has 0 unspecified atom stereocenters. The molecule has 2 aromatic heterocycles. The zero-order valence-electron chi connectivity index (χ0n) is 13.3. The van der Waals surface area contributed by atoms with Gasteiger partial charge in [0.05, 0.1) is 12.6 Å². The van der Waals surface area contributed by atoms with Crippen LogP contribution in [0.5, 0.6) is 5.75 Å². The van der Waals surface area contributed by atoms with Gasteiger partial charge in [-0.1, -0.05) is 18.2 Å². The molecule has 4 rings (SSSR count). The number of rotatable bonds is 2. The van der Waals surface area contributed by atoms with E-state index in [0.29, 0.717) is 17.1 Å². The zero-order chi connectivity index (χ0) is 16.8. The minimum atomic E-state index is -0.271. The average molecular weight is 320 g/mol. The number of nitrogens with zero attached hydrogens (tertiary/aromatic N) is 2. The highest BCUT2D eigenvalue weighted by atomic mass is 16.5. The highest BCUT2D eigenvalue weighted by molar-refractivity contribution is 5.94. The minimum absolute atomic E-state index is 0.271. The van der Waals surface area contributed by atoms with Crippen LogP contribution in [0.3, 0.4) is 0 Å². The lowest BCUT2D eigenvalue weighted by Gasteiger charge is -2.14. The molecular formula is C18H16N4O2. The van der Waals surface area contributed by atoms with Crippen LogP contribution in [-0.2, 0) is 0 Å². The average Bonchev–Trinajstić information content (AvgIpc) is 2.95. The molecule has 0 aliphatic rings. The Labute approximate surface area is 137 Å². The second-order valence-electron chi connectivity index (χ2n) is 5.71. The lowest BCUT2D eigenvalue weighted by Crippen LogP contribution is -2.10. The largest absolute Gasteiger partial charge is 0.496 e. The normalized spacial score (nSPS) is 11.2. The summed E-state index contributed by atoms with van der Waals surface area (Å²) < 4.78 is 7.14. The second kappa shape index (κ2) is 5.13. The number of fused-ring (bicyclic) bond motifs is 3. The van der Waals surface area contributed by atoms with Gasteiger partial charge in [-0.05, 0) is 36.8 Å². The number of aromatic amines is 1. The molecule has 120 valence electrons. The van der Waals surface area contributed by atoms with E-state index in [0.717, 1.165) is 27.6 Å². The summed E-state index contributed by atoms with van der Waals surface area (Å²) in [6.07, 6.45) is 0. The first-order valence-corrected chi connectivity index (χ1v) is 7.53. The van der Waals surface area contributed by atoms with Gasteiger partial charge in [-0.25, -0.2) is 14.3 Å². The predicted molar refractivity (Wildman–Crippen MR) is 94.5 cm³/mol. The number of hydrogen-bond acceptors (Lipinski definition) is 4. The molecule has 2 heterocycles. The number of nitrogens with two attached hydrogens (primary N) is 1. The molecule has 0 fully saturated rings. The third-order valence-corrected chi connectivity index (χ3v) is 4.28. The number of H-pyrrole nitrogens is 1. The van der Waals surface area contributed by atoms with Crippen molar-refractivity contribution < 1.29 is 4.74 Å². The van der Waals surface area contributed by atoms with Crippen molar-refractivity contribution in [2.24, 2.45) is 0 Å². The van der Waals surface area contributed by atoms with Crippen LogP contribution >= 0.6 is 0 Å². The monoisotopic (exact) mass is 320 g/mol. The van der Waals surface area contributed by atoms with Gasteiger partial charge in [0.25, 0.3) is 0 Å². The standard InChI is InChI=1S/C18H16N4O2/c1-10-7-17-20-21-18(23)22(17)15-8-13(16(24-2)9-12(10)15)11-5-3-4-6-14(11)19/h3-9H,19H2,1-2H3,(H,21,23). The van der Waals surface area contributed by atoms with Crippen molar-refractivity contribution in [1.82, 2.24) is 14.6 Å². The van der Waals surface area contributed by atoms with Crippen LogP contribution in [-0.4, -0.2) is 21.7 Å². The SMILES string of the molecule is COc1cc2c(C)cc3n[nH]c(=O)n3c2cc1-c1ccccc1N. The van der Waals surface area contributed by atoms with Crippen molar-refractivity contribution in [1.29, 1.82) is 0 Å². The third kappa shape index (κ3) is 1.96. The molecule has 24 heavy (non-hydrogen) atoms.